The fourth-order valence-electron chi connectivity index (χ4n) is 1.44. The van der Waals surface area contributed by atoms with E-state index in [-0.39, 0.29) is 5.91 Å². The second-order valence-corrected chi connectivity index (χ2v) is 3.54. The zero-order valence-electron chi connectivity index (χ0n) is 9.67. The molecule has 0 atom stereocenters. The molecule has 1 N–H and O–H groups in total. The SMILES string of the molecule is COC(=O)c1cccc(NC(=O)c2ccoc2)c1. The van der Waals surface area contributed by atoms with Gasteiger partial charge in [-0.2, -0.15) is 0 Å². The smallest absolute Gasteiger partial charge is 0.337 e. The van der Waals surface area contributed by atoms with Gasteiger partial charge in [0.1, 0.15) is 6.26 Å². The van der Waals surface area contributed by atoms with Crippen molar-refractivity contribution in [2.75, 3.05) is 12.4 Å². The van der Waals surface area contributed by atoms with Gasteiger partial charge in [-0.3, -0.25) is 4.79 Å². The number of hydrogen-bond donors (Lipinski definition) is 1. The van der Waals surface area contributed by atoms with Crippen molar-refractivity contribution in [1.82, 2.24) is 0 Å². The highest BCUT2D eigenvalue weighted by atomic mass is 16.5. The molecule has 0 bridgehead atoms. The van der Waals surface area contributed by atoms with Gasteiger partial charge in [-0.05, 0) is 24.3 Å². The molecule has 18 heavy (non-hydrogen) atoms. The van der Waals surface area contributed by atoms with Crippen LogP contribution in [0.3, 0.4) is 0 Å². The number of methoxy groups -OCH3 is 1. The van der Waals surface area contributed by atoms with Gasteiger partial charge in [0.25, 0.3) is 5.91 Å². The molecule has 2 aromatic rings. The van der Waals surface area contributed by atoms with Crippen molar-refractivity contribution in [2.24, 2.45) is 0 Å². The molecule has 92 valence electrons. The van der Waals surface area contributed by atoms with Crippen molar-refractivity contribution in [2.45, 2.75) is 0 Å². The highest BCUT2D eigenvalue weighted by molar-refractivity contribution is 6.04. The number of anilines is 1. The van der Waals surface area contributed by atoms with Crippen LogP contribution >= 0.6 is 0 Å². The highest BCUT2D eigenvalue weighted by Gasteiger charge is 2.09. The fourth-order valence-corrected chi connectivity index (χ4v) is 1.44. The summed E-state index contributed by atoms with van der Waals surface area (Å²) in [7, 11) is 1.30. The summed E-state index contributed by atoms with van der Waals surface area (Å²) in [4.78, 5) is 23.1. The molecule has 0 spiro atoms. The van der Waals surface area contributed by atoms with E-state index in [2.05, 4.69) is 10.1 Å². The average Bonchev–Trinajstić information content (AvgIpc) is 2.92. The molecule has 1 amide bonds. The lowest BCUT2D eigenvalue weighted by atomic mass is 10.2. The predicted octanol–water partition coefficient (Wildman–Crippen LogP) is 2.32. The lowest BCUT2D eigenvalue weighted by Crippen LogP contribution is -2.11. The van der Waals surface area contributed by atoms with Gasteiger partial charge >= 0.3 is 5.97 Å². The molecule has 5 nitrogen and oxygen atoms in total. The first-order chi connectivity index (χ1) is 8.70. The molecule has 1 aromatic heterocycles. The zero-order valence-corrected chi connectivity index (χ0v) is 9.67. The van der Waals surface area contributed by atoms with Gasteiger partial charge in [0.2, 0.25) is 0 Å². The van der Waals surface area contributed by atoms with Crippen LogP contribution in [0.2, 0.25) is 0 Å². The number of carbonyl (C=O) groups excluding carboxylic acids is 2. The van der Waals surface area contributed by atoms with Gasteiger partial charge in [0, 0.05) is 5.69 Å². The summed E-state index contributed by atoms with van der Waals surface area (Å²) >= 11 is 0. The van der Waals surface area contributed by atoms with E-state index in [1.54, 1.807) is 30.3 Å². The van der Waals surface area contributed by atoms with Gasteiger partial charge in [0.05, 0.1) is 24.5 Å². The van der Waals surface area contributed by atoms with Crippen molar-refractivity contribution in [3.8, 4) is 0 Å². The van der Waals surface area contributed by atoms with Crippen molar-refractivity contribution in [1.29, 1.82) is 0 Å². The van der Waals surface area contributed by atoms with Crippen LogP contribution in [0.4, 0.5) is 5.69 Å². The van der Waals surface area contributed by atoms with E-state index in [1.165, 1.54) is 19.6 Å². The third kappa shape index (κ3) is 2.57. The lowest BCUT2D eigenvalue weighted by Gasteiger charge is -2.05. The van der Waals surface area contributed by atoms with Gasteiger partial charge < -0.3 is 14.5 Å². The minimum absolute atomic E-state index is 0.300. The first kappa shape index (κ1) is 11.9. The van der Waals surface area contributed by atoms with Crippen LogP contribution in [-0.4, -0.2) is 19.0 Å². The predicted molar refractivity (Wildman–Crippen MR) is 64.4 cm³/mol. The number of nitrogens with one attached hydrogen (secondary N) is 1. The second kappa shape index (κ2) is 5.18. The van der Waals surface area contributed by atoms with Crippen LogP contribution < -0.4 is 5.32 Å². The molecule has 2 rings (SSSR count). The monoisotopic (exact) mass is 245 g/mol. The van der Waals surface area contributed by atoms with Crippen molar-refractivity contribution < 1.29 is 18.7 Å². The minimum atomic E-state index is -0.450. The number of hydrogen-bond acceptors (Lipinski definition) is 4. The Labute approximate surface area is 103 Å². The third-order valence-corrected chi connectivity index (χ3v) is 2.32. The maximum atomic E-state index is 11.7. The Bertz CT molecular complexity index is 560. The van der Waals surface area contributed by atoms with E-state index >= 15 is 0 Å². The first-order valence-corrected chi connectivity index (χ1v) is 5.22. The number of amides is 1. The number of ether oxygens (including phenoxy) is 1. The van der Waals surface area contributed by atoms with Gasteiger partial charge in [-0.25, -0.2) is 4.79 Å². The van der Waals surface area contributed by atoms with Crippen molar-refractivity contribution >= 4 is 17.6 Å². The quantitative estimate of drug-likeness (QED) is 0.842. The van der Waals surface area contributed by atoms with E-state index in [9.17, 15) is 9.59 Å². The standard InChI is InChI=1S/C13H11NO4/c1-17-13(16)9-3-2-4-11(7-9)14-12(15)10-5-6-18-8-10/h2-8H,1H3,(H,14,15). The van der Waals surface area contributed by atoms with Crippen LogP contribution in [0.15, 0.2) is 47.3 Å². The van der Waals surface area contributed by atoms with Gasteiger partial charge in [-0.15, -0.1) is 0 Å². The van der Waals surface area contributed by atoms with Crippen LogP contribution in [0.25, 0.3) is 0 Å². The highest BCUT2D eigenvalue weighted by Crippen LogP contribution is 2.13. The third-order valence-electron chi connectivity index (χ3n) is 2.32. The van der Waals surface area contributed by atoms with Crippen molar-refractivity contribution in [3.63, 3.8) is 0 Å². The summed E-state index contributed by atoms with van der Waals surface area (Å²) in [5.74, 6) is -0.750. The van der Waals surface area contributed by atoms with Crippen LogP contribution in [0, 0.1) is 0 Å². The Morgan fingerprint density at radius 1 is 1.22 bits per heavy atom. The molecule has 0 saturated carbocycles. The molecule has 0 saturated heterocycles. The topological polar surface area (TPSA) is 68.5 Å². The van der Waals surface area contributed by atoms with Crippen molar-refractivity contribution in [3.05, 3.63) is 54.0 Å². The molecule has 0 radical (unpaired) electrons. The zero-order chi connectivity index (χ0) is 13.0. The first-order valence-electron chi connectivity index (χ1n) is 5.22. The van der Waals surface area contributed by atoms with E-state index in [0.717, 1.165) is 0 Å². The van der Waals surface area contributed by atoms with Crippen LogP contribution in [0.5, 0.6) is 0 Å². The maximum Gasteiger partial charge on any atom is 0.337 e. The summed E-state index contributed by atoms with van der Waals surface area (Å²) < 4.78 is 9.42. The van der Waals surface area contributed by atoms with E-state index in [4.69, 9.17) is 4.42 Å². The normalized spacial score (nSPS) is 9.83. The van der Waals surface area contributed by atoms with E-state index in [1.807, 2.05) is 0 Å². The number of esters is 1. The van der Waals surface area contributed by atoms with Crippen LogP contribution in [-0.2, 0) is 4.74 Å². The summed E-state index contributed by atoms with van der Waals surface area (Å²) in [5.41, 5.74) is 1.31. The molecule has 1 aromatic carbocycles. The summed E-state index contributed by atoms with van der Waals surface area (Å²) in [6.45, 7) is 0. The maximum absolute atomic E-state index is 11.7. The largest absolute Gasteiger partial charge is 0.472 e. The molecule has 0 fully saturated rings. The Hall–Kier alpha value is -2.56. The molecule has 0 aliphatic heterocycles. The molecule has 0 aliphatic carbocycles. The molecule has 0 unspecified atom stereocenters. The fraction of sp³-hybridized carbons (Fsp3) is 0.0769. The second-order valence-electron chi connectivity index (χ2n) is 3.54. The molecule has 1 heterocycles. The van der Waals surface area contributed by atoms with Crippen LogP contribution in [0.1, 0.15) is 20.7 Å². The average molecular weight is 245 g/mol. The summed E-state index contributed by atoms with van der Waals surface area (Å²) in [5, 5.41) is 2.66. The van der Waals surface area contributed by atoms with Gasteiger partial charge in [0.15, 0.2) is 0 Å². The minimum Gasteiger partial charge on any atom is -0.472 e. The van der Waals surface area contributed by atoms with Gasteiger partial charge in [-0.1, -0.05) is 6.07 Å². The molecular weight excluding hydrogens is 234 g/mol. The number of furan rings is 1. The Morgan fingerprint density at radius 2 is 2.06 bits per heavy atom. The van der Waals surface area contributed by atoms with E-state index in [0.29, 0.717) is 16.8 Å². The number of rotatable bonds is 3. The Balaban J connectivity index is 2.15. The molecule has 5 heteroatoms. The molecular formula is C13H11NO4. The Morgan fingerprint density at radius 3 is 2.72 bits per heavy atom. The lowest BCUT2D eigenvalue weighted by molar-refractivity contribution is 0.0600. The molecule has 0 aliphatic rings. The number of carbonyl (C=O) groups is 2. The summed E-state index contributed by atoms with van der Waals surface area (Å²) in [6, 6.07) is 8.06. The Kier molecular flexibility index (Phi) is 3.43. The number of benzene rings is 1. The summed E-state index contributed by atoms with van der Waals surface area (Å²) in [6.07, 6.45) is 2.76. The van der Waals surface area contributed by atoms with E-state index < -0.39 is 5.97 Å².